The van der Waals surface area contributed by atoms with Gasteiger partial charge in [0.15, 0.2) is 0 Å². The van der Waals surface area contributed by atoms with Gasteiger partial charge in [-0.25, -0.2) is 16.8 Å². The number of carbonyl (C=O) groups is 1. The van der Waals surface area contributed by atoms with E-state index in [9.17, 15) is 34.8 Å². The van der Waals surface area contributed by atoms with Crippen LogP contribution in [0.4, 0.5) is 18.9 Å². The van der Waals surface area contributed by atoms with Crippen molar-refractivity contribution in [1.29, 1.82) is 0 Å². The molecular weight excluding hydrogens is 517 g/mol. The summed E-state index contributed by atoms with van der Waals surface area (Å²) < 4.78 is 92.1. The van der Waals surface area contributed by atoms with E-state index in [1.165, 1.54) is 18.2 Å². The third-order valence-corrected chi connectivity index (χ3v) is 11.4. The molecule has 3 saturated carbocycles. The molecule has 1 amide bonds. The fraction of sp³-hybridized carbons (Fsp3) is 0.667. The minimum Gasteiger partial charge on any atom is -0.347 e. The zero-order valence-corrected chi connectivity index (χ0v) is 20.6. The molecule has 0 atom stereocenters. The summed E-state index contributed by atoms with van der Waals surface area (Å²) in [6.07, 6.45) is -3.97. The van der Waals surface area contributed by atoms with Crippen LogP contribution in [0, 0.1) is 5.41 Å². The smallest absolute Gasteiger partial charge is 0.347 e. The summed E-state index contributed by atoms with van der Waals surface area (Å²) in [7, 11) is -7.24. The second-order valence-corrected chi connectivity index (χ2v) is 14.4. The third-order valence-electron chi connectivity index (χ3n) is 7.65. The van der Waals surface area contributed by atoms with Gasteiger partial charge in [0.25, 0.3) is 5.91 Å². The number of halogens is 4. The van der Waals surface area contributed by atoms with E-state index in [1.54, 1.807) is 0 Å². The first-order chi connectivity index (χ1) is 15.7. The van der Waals surface area contributed by atoms with Crippen molar-refractivity contribution in [1.82, 2.24) is 5.32 Å². The second-order valence-electron chi connectivity index (χ2n) is 9.70. The van der Waals surface area contributed by atoms with Crippen LogP contribution in [0.25, 0.3) is 0 Å². The summed E-state index contributed by atoms with van der Waals surface area (Å²) in [4.78, 5) is 13.2. The molecule has 0 unspecified atom stereocenters. The maximum absolute atomic E-state index is 13.5. The van der Waals surface area contributed by atoms with Gasteiger partial charge in [-0.3, -0.25) is 9.52 Å². The lowest BCUT2D eigenvalue weighted by atomic mass is 9.57. The molecule has 1 saturated heterocycles. The predicted octanol–water partition coefficient (Wildman–Crippen LogP) is 4.04. The van der Waals surface area contributed by atoms with Gasteiger partial charge in [-0.2, -0.15) is 13.2 Å². The minimum absolute atomic E-state index is 0.0111. The lowest BCUT2D eigenvalue weighted by Gasteiger charge is -2.53. The van der Waals surface area contributed by atoms with Gasteiger partial charge in [0.05, 0.1) is 33.4 Å². The Kier molecular flexibility index (Phi) is 6.42. The monoisotopic (exact) mass is 542 g/mol. The molecule has 13 heteroatoms. The Morgan fingerprint density at radius 1 is 1.03 bits per heavy atom. The van der Waals surface area contributed by atoms with Crippen LogP contribution in [0.1, 0.15) is 61.7 Å². The first-order valence-corrected chi connectivity index (χ1v) is 14.8. The van der Waals surface area contributed by atoms with Crippen molar-refractivity contribution < 1.29 is 34.8 Å². The van der Waals surface area contributed by atoms with E-state index in [1.807, 2.05) is 0 Å². The normalized spacial score (nSPS) is 29.5. The second kappa shape index (κ2) is 8.55. The molecule has 190 valence electrons. The Labute approximate surface area is 201 Å². The Balaban J connectivity index is 1.51. The van der Waals surface area contributed by atoms with Crippen LogP contribution in [-0.4, -0.2) is 51.2 Å². The van der Waals surface area contributed by atoms with Crippen LogP contribution >= 0.6 is 11.6 Å². The molecule has 4 fully saturated rings. The third kappa shape index (κ3) is 4.90. The van der Waals surface area contributed by atoms with Crippen molar-refractivity contribution in [3.63, 3.8) is 0 Å². The highest BCUT2D eigenvalue weighted by Crippen LogP contribution is 2.59. The van der Waals surface area contributed by atoms with Gasteiger partial charge in [0.2, 0.25) is 10.0 Å². The van der Waals surface area contributed by atoms with Gasteiger partial charge < -0.3 is 5.32 Å². The van der Waals surface area contributed by atoms with Crippen molar-refractivity contribution in [2.45, 2.75) is 68.3 Å². The molecule has 3 aliphatic carbocycles. The lowest BCUT2D eigenvalue weighted by Crippen LogP contribution is -2.59. The molecule has 5 rings (SSSR count). The van der Waals surface area contributed by atoms with Gasteiger partial charge in [0.1, 0.15) is 9.84 Å². The zero-order chi connectivity index (χ0) is 25.0. The summed E-state index contributed by atoms with van der Waals surface area (Å²) in [6, 6.07) is 4.07. The average Bonchev–Trinajstić information content (AvgIpc) is 2.75. The average molecular weight is 543 g/mol. The first-order valence-electron chi connectivity index (χ1n) is 11.1. The van der Waals surface area contributed by atoms with E-state index in [0.717, 1.165) is 0 Å². The minimum atomic E-state index is -4.28. The van der Waals surface area contributed by atoms with E-state index >= 15 is 0 Å². The first kappa shape index (κ1) is 25.6. The molecule has 0 radical (unpaired) electrons. The van der Waals surface area contributed by atoms with Crippen LogP contribution in [0.2, 0.25) is 5.02 Å². The largest absolute Gasteiger partial charge is 0.394 e. The quantitative estimate of drug-likeness (QED) is 0.583. The molecular formula is C21H26ClF3N2O5S2. The molecule has 4 aliphatic rings. The highest BCUT2D eigenvalue weighted by atomic mass is 35.5. The fourth-order valence-electron chi connectivity index (χ4n) is 5.32. The number of amides is 1. The molecule has 1 aromatic carbocycles. The van der Waals surface area contributed by atoms with Crippen LogP contribution in [0.15, 0.2) is 18.2 Å². The van der Waals surface area contributed by atoms with Gasteiger partial charge in [0, 0.05) is 10.6 Å². The Hall–Kier alpha value is -1.53. The van der Waals surface area contributed by atoms with E-state index < -0.39 is 48.1 Å². The van der Waals surface area contributed by atoms with Crippen LogP contribution in [-0.2, 0) is 19.9 Å². The summed E-state index contributed by atoms with van der Waals surface area (Å²) >= 11 is 6.05. The van der Waals surface area contributed by atoms with Crippen LogP contribution in [0.5, 0.6) is 0 Å². The molecule has 1 aliphatic heterocycles. The van der Waals surface area contributed by atoms with Gasteiger partial charge in [-0.1, -0.05) is 11.6 Å². The van der Waals surface area contributed by atoms with Crippen molar-refractivity contribution >= 4 is 43.1 Å². The number of hydrogen-bond donors (Lipinski definition) is 2. The standard InChI is InChI=1S/C21H26ClF3N2O5S2/c22-14-1-2-17(27-34(31,32)15-3-11-33(29,30)12-4-15)16(13-14)18(28)26-20-8-5-19(6-9-20,7-10-20)21(23,24)25/h1-2,13,15,27H,3-12H2,(H,26,28). The lowest BCUT2D eigenvalue weighted by molar-refractivity contribution is -0.253. The van der Waals surface area contributed by atoms with Crippen LogP contribution < -0.4 is 10.0 Å². The van der Waals surface area contributed by atoms with E-state index in [2.05, 4.69) is 10.0 Å². The number of nitrogens with one attached hydrogen (secondary N) is 2. The molecule has 34 heavy (non-hydrogen) atoms. The van der Waals surface area contributed by atoms with Crippen molar-refractivity contribution in [2.24, 2.45) is 5.41 Å². The van der Waals surface area contributed by atoms with Gasteiger partial charge in [-0.15, -0.1) is 0 Å². The van der Waals surface area contributed by atoms with Crippen molar-refractivity contribution in [2.75, 3.05) is 16.2 Å². The number of fused-ring (bicyclic) bond motifs is 3. The number of sulfonamides is 1. The number of sulfone groups is 1. The molecule has 2 bridgehead atoms. The SMILES string of the molecule is O=C(NC12CCC(C(F)(F)F)(CC1)CC2)c1cc(Cl)ccc1NS(=O)(=O)C1CCS(=O)(=O)CC1. The van der Waals surface area contributed by atoms with E-state index in [-0.39, 0.29) is 79.1 Å². The van der Waals surface area contributed by atoms with Gasteiger partial charge in [-0.05, 0) is 69.6 Å². The maximum Gasteiger partial charge on any atom is 0.394 e. The summed E-state index contributed by atoms with van der Waals surface area (Å²) in [5.41, 5.74) is -2.51. The molecule has 7 nitrogen and oxygen atoms in total. The predicted molar refractivity (Wildman–Crippen MR) is 122 cm³/mol. The number of carbonyl (C=O) groups excluding carboxylic acids is 1. The van der Waals surface area contributed by atoms with Gasteiger partial charge >= 0.3 is 6.18 Å². The number of anilines is 1. The highest BCUT2D eigenvalue weighted by Gasteiger charge is 2.61. The van der Waals surface area contributed by atoms with Crippen molar-refractivity contribution in [3.8, 4) is 0 Å². The Bertz CT molecular complexity index is 1160. The Morgan fingerprint density at radius 3 is 2.12 bits per heavy atom. The topological polar surface area (TPSA) is 109 Å². The number of alkyl halides is 3. The molecule has 1 aromatic rings. The highest BCUT2D eigenvalue weighted by molar-refractivity contribution is 7.94. The fourth-order valence-corrected chi connectivity index (χ4v) is 8.78. The van der Waals surface area contributed by atoms with E-state index in [0.29, 0.717) is 0 Å². The van der Waals surface area contributed by atoms with Crippen LogP contribution in [0.3, 0.4) is 0 Å². The summed E-state index contributed by atoms with van der Waals surface area (Å²) in [5, 5.41) is 2.14. The molecule has 0 aromatic heterocycles. The number of rotatable bonds is 5. The van der Waals surface area contributed by atoms with E-state index in [4.69, 9.17) is 11.6 Å². The summed E-state index contributed by atoms with van der Waals surface area (Å²) in [5.74, 6) is -1.07. The Morgan fingerprint density at radius 2 is 1.59 bits per heavy atom. The summed E-state index contributed by atoms with van der Waals surface area (Å²) in [6.45, 7) is 0. The maximum atomic E-state index is 13.5. The molecule has 2 N–H and O–H groups in total. The van der Waals surface area contributed by atoms with Crippen molar-refractivity contribution in [3.05, 3.63) is 28.8 Å². The number of benzene rings is 1. The molecule has 1 heterocycles. The molecule has 0 spiro atoms. The zero-order valence-electron chi connectivity index (χ0n) is 18.3. The number of hydrogen-bond acceptors (Lipinski definition) is 5.